The minimum atomic E-state index is -0.166. The first-order valence-electron chi connectivity index (χ1n) is 8.46. The van der Waals surface area contributed by atoms with E-state index in [9.17, 15) is 9.59 Å². The number of amides is 1. The van der Waals surface area contributed by atoms with Crippen molar-refractivity contribution in [1.29, 1.82) is 0 Å². The van der Waals surface area contributed by atoms with E-state index in [4.69, 9.17) is 5.73 Å². The summed E-state index contributed by atoms with van der Waals surface area (Å²) in [7, 11) is 1.76. The van der Waals surface area contributed by atoms with Crippen LogP contribution < -0.4 is 16.6 Å². The van der Waals surface area contributed by atoms with Gasteiger partial charge in [-0.05, 0) is 50.7 Å². The molecule has 7 heteroatoms. The Kier molecular flexibility index (Phi) is 4.45. The molecule has 130 valence electrons. The van der Waals surface area contributed by atoms with Gasteiger partial charge >= 0.3 is 0 Å². The maximum Gasteiger partial charge on any atom is 0.273 e. The first-order chi connectivity index (χ1) is 11.4. The van der Waals surface area contributed by atoms with Gasteiger partial charge in [0.15, 0.2) is 5.65 Å². The van der Waals surface area contributed by atoms with Crippen LogP contribution in [0.3, 0.4) is 0 Å². The van der Waals surface area contributed by atoms with Gasteiger partial charge in [0, 0.05) is 24.8 Å². The number of aryl methyl sites for hydroxylation is 3. The number of nitrogens with one attached hydrogen (secondary N) is 2. The smallest absolute Gasteiger partial charge is 0.273 e. The van der Waals surface area contributed by atoms with Crippen LogP contribution in [0.1, 0.15) is 42.5 Å². The Morgan fingerprint density at radius 2 is 2.00 bits per heavy atom. The number of fused-ring (bicyclic) bond motifs is 1. The Morgan fingerprint density at radius 3 is 2.67 bits per heavy atom. The lowest BCUT2D eigenvalue weighted by Crippen LogP contribution is -2.41. The molecule has 2 aromatic rings. The third-order valence-corrected chi connectivity index (χ3v) is 5.05. The fourth-order valence-electron chi connectivity index (χ4n) is 3.61. The van der Waals surface area contributed by atoms with Gasteiger partial charge in [0.25, 0.3) is 5.56 Å². The summed E-state index contributed by atoms with van der Waals surface area (Å²) >= 11 is 0. The van der Waals surface area contributed by atoms with Crippen molar-refractivity contribution in [3.05, 3.63) is 27.2 Å². The van der Waals surface area contributed by atoms with Crippen molar-refractivity contribution in [2.45, 2.75) is 58.0 Å². The van der Waals surface area contributed by atoms with Gasteiger partial charge in [-0.15, -0.1) is 0 Å². The van der Waals surface area contributed by atoms with E-state index in [2.05, 4.69) is 15.4 Å². The standard InChI is InChI=1S/C17H25N5O2/c1-9-13(8-14(23)20-12-6-4-11(18)5-7-12)10(2)19-16-15(9)17(24)21-22(16)3/h11-12H,4-8,18H2,1-3H3,(H,20,23)(H,21,24). The summed E-state index contributed by atoms with van der Waals surface area (Å²) in [6, 6.07) is 0.466. The Bertz CT molecular complexity index is 828. The lowest BCUT2D eigenvalue weighted by atomic mass is 9.91. The predicted molar refractivity (Wildman–Crippen MR) is 92.9 cm³/mol. The van der Waals surface area contributed by atoms with Gasteiger partial charge in [0.05, 0.1) is 11.8 Å². The summed E-state index contributed by atoms with van der Waals surface area (Å²) in [5.74, 6) is -0.0184. The highest BCUT2D eigenvalue weighted by atomic mass is 16.1. The van der Waals surface area contributed by atoms with Crippen molar-refractivity contribution in [1.82, 2.24) is 20.1 Å². The van der Waals surface area contributed by atoms with Gasteiger partial charge in [-0.2, -0.15) is 0 Å². The molecule has 0 saturated heterocycles. The SMILES string of the molecule is Cc1nc2c(c(C)c1CC(=O)NC1CCC(N)CC1)c(=O)[nH]n2C. The van der Waals surface area contributed by atoms with Crippen LogP contribution in [0, 0.1) is 13.8 Å². The minimum absolute atomic E-state index is 0.0184. The fraction of sp³-hybridized carbons (Fsp3) is 0.588. The minimum Gasteiger partial charge on any atom is -0.353 e. The molecule has 3 rings (SSSR count). The van der Waals surface area contributed by atoms with Crippen molar-refractivity contribution >= 4 is 16.9 Å². The summed E-state index contributed by atoms with van der Waals surface area (Å²) in [4.78, 5) is 29.0. The monoisotopic (exact) mass is 331 g/mol. The second-order valence-corrected chi connectivity index (χ2v) is 6.86. The third kappa shape index (κ3) is 3.08. The van der Waals surface area contributed by atoms with Gasteiger partial charge < -0.3 is 11.1 Å². The van der Waals surface area contributed by atoms with E-state index in [1.165, 1.54) is 0 Å². The topological polar surface area (TPSA) is 106 Å². The number of aromatic nitrogens is 3. The Balaban J connectivity index is 1.81. The zero-order valence-corrected chi connectivity index (χ0v) is 14.5. The highest BCUT2D eigenvalue weighted by Crippen LogP contribution is 2.21. The number of H-pyrrole nitrogens is 1. The Morgan fingerprint density at radius 1 is 1.33 bits per heavy atom. The molecule has 1 aliphatic carbocycles. The number of pyridine rings is 1. The molecule has 4 N–H and O–H groups in total. The maximum atomic E-state index is 12.4. The molecule has 2 aromatic heterocycles. The number of carbonyl (C=O) groups excluding carboxylic acids is 1. The second-order valence-electron chi connectivity index (χ2n) is 6.86. The lowest BCUT2D eigenvalue weighted by molar-refractivity contribution is -0.121. The summed E-state index contributed by atoms with van der Waals surface area (Å²) in [6.07, 6.45) is 4.02. The van der Waals surface area contributed by atoms with E-state index < -0.39 is 0 Å². The van der Waals surface area contributed by atoms with Gasteiger partial charge in [0.1, 0.15) is 0 Å². The zero-order valence-electron chi connectivity index (χ0n) is 14.5. The van der Waals surface area contributed by atoms with E-state index >= 15 is 0 Å². The van der Waals surface area contributed by atoms with E-state index in [1.54, 1.807) is 11.7 Å². The molecule has 1 saturated carbocycles. The molecule has 1 aliphatic rings. The summed E-state index contributed by atoms with van der Waals surface area (Å²) in [6.45, 7) is 3.76. The molecular weight excluding hydrogens is 306 g/mol. The maximum absolute atomic E-state index is 12.4. The van der Waals surface area contributed by atoms with Crippen molar-refractivity contribution in [3.8, 4) is 0 Å². The first-order valence-corrected chi connectivity index (χ1v) is 8.46. The van der Waals surface area contributed by atoms with Gasteiger partial charge in [-0.3, -0.25) is 19.4 Å². The molecule has 0 radical (unpaired) electrons. The lowest BCUT2D eigenvalue weighted by Gasteiger charge is -2.27. The molecule has 0 unspecified atom stereocenters. The van der Waals surface area contributed by atoms with Crippen LogP contribution in [0.4, 0.5) is 0 Å². The molecule has 1 fully saturated rings. The van der Waals surface area contributed by atoms with Crippen molar-refractivity contribution < 1.29 is 4.79 Å². The Hall–Kier alpha value is -2.15. The molecule has 0 atom stereocenters. The summed E-state index contributed by atoms with van der Waals surface area (Å²) < 4.78 is 1.62. The van der Waals surface area contributed by atoms with Crippen LogP contribution >= 0.6 is 0 Å². The zero-order chi connectivity index (χ0) is 17.4. The van der Waals surface area contributed by atoms with Crippen LogP contribution in [0.25, 0.3) is 11.0 Å². The van der Waals surface area contributed by atoms with E-state index in [0.29, 0.717) is 11.0 Å². The highest BCUT2D eigenvalue weighted by molar-refractivity contribution is 5.84. The van der Waals surface area contributed by atoms with Crippen molar-refractivity contribution in [3.63, 3.8) is 0 Å². The Labute approximate surface area is 140 Å². The number of nitrogens with zero attached hydrogens (tertiary/aromatic N) is 2. The quantitative estimate of drug-likeness (QED) is 0.773. The summed E-state index contributed by atoms with van der Waals surface area (Å²) in [5.41, 5.74) is 8.82. The van der Waals surface area contributed by atoms with Crippen molar-refractivity contribution in [2.24, 2.45) is 12.8 Å². The number of hydrogen-bond donors (Lipinski definition) is 3. The highest BCUT2D eigenvalue weighted by Gasteiger charge is 2.22. The third-order valence-electron chi connectivity index (χ3n) is 5.05. The van der Waals surface area contributed by atoms with Crippen LogP contribution in [0.2, 0.25) is 0 Å². The number of hydrogen-bond acceptors (Lipinski definition) is 4. The van der Waals surface area contributed by atoms with Crippen LogP contribution in [0.15, 0.2) is 4.79 Å². The summed E-state index contributed by atoms with van der Waals surface area (Å²) in [5, 5.41) is 6.38. The average molecular weight is 331 g/mol. The second kappa shape index (κ2) is 6.39. The molecular formula is C17H25N5O2. The first kappa shape index (κ1) is 16.7. The molecule has 2 heterocycles. The number of nitrogens with two attached hydrogens (primary N) is 1. The van der Waals surface area contributed by atoms with Gasteiger partial charge in [0.2, 0.25) is 5.91 Å². The largest absolute Gasteiger partial charge is 0.353 e. The van der Waals surface area contributed by atoms with Crippen LogP contribution in [0.5, 0.6) is 0 Å². The number of rotatable bonds is 3. The van der Waals surface area contributed by atoms with Crippen LogP contribution in [-0.2, 0) is 18.3 Å². The fourth-order valence-corrected chi connectivity index (χ4v) is 3.61. The molecule has 1 amide bonds. The number of carbonyl (C=O) groups is 1. The van der Waals surface area contributed by atoms with E-state index in [0.717, 1.165) is 42.5 Å². The average Bonchev–Trinajstić information content (AvgIpc) is 2.80. The van der Waals surface area contributed by atoms with Crippen LogP contribution in [-0.4, -0.2) is 32.8 Å². The van der Waals surface area contributed by atoms with Crippen molar-refractivity contribution in [2.75, 3.05) is 0 Å². The van der Waals surface area contributed by atoms with Gasteiger partial charge in [-0.1, -0.05) is 0 Å². The molecule has 0 bridgehead atoms. The molecule has 0 aliphatic heterocycles. The molecule has 0 aromatic carbocycles. The predicted octanol–water partition coefficient (Wildman–Crippen LogP) is 0.807. The van der Waals surface area contributed by atoms with E-state index in [-0.39, 0.29) is 30.0 Å². The van der Waals surface area contributed by atoms with Gasteiger partial charge in [-0.25, -0.2) is 4.98 Å². The molecule has 24 heavy (non-hydrogen) atoms. The van der Waals surface area contributed by atoms with E-state index in [1.807, 2.05) is 13.8 Å². The molecule has 0 spiro atoms. The number of aromatic amines is 1. The normalized spacial score (nSPS) is 21.2. The molecule has 7 nitrogen and oxygen atoms in total.